The Morgan fingerprint density at radius 2 is 2.28 bits per heavy atom. The first-order valence-corrected chi connectivity index (χ1v) is 5.98. The fourth-order valence-corrected chi connectivity index (χ4v) is 1.79. The molecular formula is C12H19N3O3. The molecule has 0 amide bonds. The summed E-state index contributed by atoms with van der Waals surface area (Å²) in [6.07, 6.45) is 1.53. The first-order chi connectivity index (χ1) is 8.59. The lowest BCUT2D eigenvalue weighted by Crippen LogP contribution is -2.45. The molecule has 1 fully saturated rings. The Bertz CT molecular complexity index is 395. The number of guanidine groups is 1. The van der Waals surface area contributed by atoms with E-state index in [2.05, 4.69) is 4.99 Å². The lowest BCUT2D eigenvalue weighted by atomic mass is 10.0. The van der Waals surface area contributed by atoms with Gasteiger partial charge in [-0.05, 0) is 19.1 Å². The number of nitrogens with zero attached hydrogens (tertiary/aromatic N) is 2. The molecule has 3 N–H and O–H groups in total. The van der Waals surface area contributed by atoms with Crippen molar-refractivity contribution in [3.63, 3.8) is 0 Å². The SMILES string of the molecule is CC(O)(CN=C(N)N1CCOCC1)c1ccco1. The third kappa shape index (κ3) is 3.02. The van der Waals surface area contributed by atoms with Crippen molar-refractivity contribution in [2.75, 3.05) is 32.8 Å². The molecule has 0 radical (unpaired) electrons. The van der Waals surface area contributed by atoms with Crippen molar-refractivity contribution >= 4 is 5.96 Å². The Hall–Kier alpha value is -1.53. The van der Waals surface area contributed by atoms with Gasteiger partial charge in [0.05, 0.1) is 26.0 Å². The quantitative estimate of drug-likeness (QED) is 0.591. The molecule has 0 aliphatic carbocycles. The molecule has 100 valence electrons. The van der Waals surface area contributed by atoms with Gasteiger partial charge in [-0.3, -0.25) is 0 Å². The number of aliphatic hydroxyl groups is 1. The van der Waals surface area contributed by atoms with Crippen molar-refractivity contribution < 1.29 is 14.3 Å². The average molecular weight is 253 g/mol. The van der Waals surface area contributed by atoms with E-state index in [0.29, 0.717) is 24.9 Å². The van der Waals surface area contributed by atoms with Gasteiger partial charge in [0.25, 0.3) is 0 Å². The molecule has 2 heterocycles. The maximum atomic E-state index is 10.2. The highest BCUT2D eigenvalue weighted by atomic mass is 16.5. The number of rotatable bonds is 3. The highest BCUT2D eigenvalue weighted by Gasteiger charge is 2.26. The van der Waals surface area contributed by atoms with Gasteiger partial charge in [0.1, 0.15) is 11.4 Å². The van der Waals surface area contributed by atoms with Gasteiger partial charge in [0.2, 0.25) is 0 Å². The van der Waals surface area contributed by atoms with E-state index < -0.39 is 5.60 Å². The molecule has 0 spiro atoms. The zero-order chi connectivity index (χ0) is 13.0. The summed E-state index contributed by atoms with van der Waals surface area (Å²) in [6.45, 7) is 4.61. The first-order valence-electron chi connectivity index (χ1n) is 5.98. The Balaban J connectivity index is 1.96. The molecule has 1 atom stereocenters. The Morgan fingerprint density at radius 1 is 1.56 bits per heavy atom. The largest absolute Gasteiger partial charge is 0.466 e. The van der Waals surface area contributed by atoms with Crippen LogP contribution in [0.25, 0.3) is 0 Å². The van der Waals surface area contributed by atoms with Crippen LogP contribution in [-0.2, 0) is 10.3 Å². The summed E-state index contributed by atoms with van der Waals surface area (Å²) in [6, 6.07) is 3.46. The first kappa shape index (κ1) is 12.9. The van der Waals surface area contributed by atoms with Crippen LogP contribution in [0.5, 0.6) is 0 Å². The van der Waals surface area contributed by atoms with Crippen molar-refractivity contribution in [1.82, 2.24) is 4.90 Å². The van der Waals surface area contributed by atoms with Crippen LogP contribution in [0.15, 0.2) is 27.8 Å². The van der Waals surface area contributed by atoms with Crippen LogP contribution in [0.1, 0.15) is 12.7 Å². The van der Waals surface area contributed by atoms with Gasteiger partial charge in [-0.2, -0.15) is 0 Å². The lowest BCUT2D eigenvalue weighted by Gasteiger charge is -2.28. The van der Waals surface area contributed by atoms with Crippen LogP contribution in [0.2, 0.25) is 0 Å². The summed E-state index contributed by atoms with van der Waals surface area (Å²) < 4.78 is 10.4. The van der Waals surface area contributed by atoms with E-state index in [1.807, 2.05) is 4.90 Å². The monoisotopic (exact) mass is 253 g/mol. The predicted octanol–water partition coefficient (Wildman–Crippen LogP) is 0.134. The Morgan fingerprint density at radius 3 is 2.89 bits per heavy atom. The second kappa shape index (κ2) is 5.41. The minimum Gasteiger partial charge on any atom is -0.466 e. The summed E-state index contributed by atoms with van der Waals surface area (Å²) in [4.78, 5) is 6.18. The van der Waals surface area contributed by atoms with E-state index in [9.17, 15) is 5.11 Å². The zero-order valence-corrected chi connectivity index (χ0v) is 10.5. The third-order valence-electron chi connectivity index (χ3n) is 2.94. The topological polar surface area (TPSA) is 84.2 Å². The molecular weight excluding hydrogens is 234 g/mol. The minimum absolute atomic E-state index is 0.170. The second-order valence-corrected chi connectivity index (χ2v) is 4.53. The van der Waals surface area contributed by atoms with Crippen LogP contribution in [0, 0.1) is 0 Å². The van der Waals surface area contributed by atoms with Gasteiger partial charge in [-0.15, -0.1) is 0 Å². The average Bonchev–Trinajstić information content (AvgIpc) is 2.92. The Kier molecular flexibility index (Phi) is 3.88. The van der Waals surface area contributed by atoms with Crippen LogP contribution < -0.4 is 5.73 Å². The summed E-state index contributed by atoms with van der Waals surface area (Å²) in [7, 11) is 0. The molecule has 1 unspecified atom stereocenters. The number of aliphatic imine (C=N–C) groups is 1. The number of hydrogen-bond donors (Lipinski definition) is 2. The third-order valence-corrected chi connectivity index (χ3v) is 2.94. The molecule has 18 heavy (non-hydrogen) atoms. The van der Waals surface area contributed by atoms with Crippen molar-refractivity contribution in [3.8, 4) is 0 Å². The maximum Gasteiger partial charge on any atom is 0.191 e. The number of nitrogens with two attached hydrogens (primary N) is 1. The van der Waals surface area contributed by atoms with Crippen LogP contribution in [0.3, 0.4) is 0 Å². The van der Waals surface area contributed by atoms with Gasteiger partial charge in [0.15, 0.2) is 5.96 Å². The van der Waals surface area contributed by atoms with Crippen molar-refractivity contribution in [2.45, 2.75) is 12.5 Å². The molecule has 1 aromatic rings. The standard InChI is InChI=1S/C12H19N3O3/c1-12(16,10-3-2-6-18-10)9-14-11(13)15-4-7-17-8-5-15/h2-3,6,16H,4-5,7-9H2,1H3,(H2,13,14). The van der Waals surface area contributed by atoms with E-state index in [1.165, 1.54) is 6.26 Å². The molecule has 6 nitrogen and oxygen atoms in total. The number of morpholine rings is 1. The predicted molar refractivity (Wildman–Crippen MR) is 67.2 cm³/mol. The highest BCUT2D eigenvalue weighted by molar-refractivity contribution is 5.78. The Labute approximate surface area is 106 Å². The van der Waals surface area contributed by atoms with E-state index in [0.717, 1.165) is 13.1 Å². The number of ether oxygens (including phenoxy) is 1. The van der Waals surface area contributed by atoms with Crippen molar-refractivity contribution in [3.05, 3.63) is 24.2 Å². The fourth-order valence-electron chi connectivity index (χ4n) is 1.79. The molecule has 1 aliphatic heterocycles. The van der Waals surface area contributed by atoms with Crippen molar-refractivity contribution in [2.24, 2.45) is 10.7 Å². The van der Waals surface area contributed by atoms with Gasteiger partial charge in [-0.25, -0.2) is 4.99 Å². The molecule has 6 heteroatoms. The molecule has 0 aromatic carbocycles. The van der Waals surface area contributed by atoms with E-state index >= 15 is 0 Å². The maximum absolute atomic E-state index is 10.2. The summed E-state index contributed by atoms with van der Waals surface area (Å²) in [5, 5.41) is 10.2. The van der Waals surface area contributed by atoms with Gasteiger partial charge in [-0.1, -0.05) is 0 Å². The summed E-state index contributed by atoms with van der Waals surface area (Å²) in [5.41, 5.74) is 4.75. The van der Waals surface area contributed by atoms with Crippen LogP contribution in [-0.4, -0.2) is 48.8 Å². The zero-order valence-electron chi connectivity index (χ0n) is 10.5. The van der Waals surface area contributed by atoms with Crippen LogP contribution >= 0.6 is 0 Å². The molecule has 1 aromatic heterocycles. The fraction of sp³-hybridized carbons (Fsp3) is 0.583. The van der Waals surface area contributed by atoms with E-state index in [-0.39, 0.29) is 6.54 Å². The van der Waals surface area contributed by atoms with E-state index in [1.54, 1.807) is 19.1 Å². The van der Waals surface area contributed by atoms with Gasteiger partial charge in [0, 0.05) is 13.1 Å². The van der Waals surface area contributed by atoms with E-state index in [4.69, 9.17) is 14.9 Å². The minimum atomic E-state index is -1.14. The molecule has 2 rings (SSSR count). The summed E-state index contributed by atoms with van der Waals surface area (Å²) in [5.74, 6) is 0.922. The van der Waals surface area contributed by atoms with Gasteiger partial charge < -0.3 is 24.9 Å². The lowest BCUT2D eigenvalue weighted by molar-refractivity contribution is 0.0425. The molecule has 0 bridgehead atoms. The van der Waals surface area contributed by atoms with Gasteiger partial charge >= 0.3 is 0 Å². The molecule has 0 saturated carbocycles. The van der Waals surface area contributed by atoms with Crippen molar-refractivity contribution in [1.29, 1.82) is 0 Å². The second-order valence-electron chi connectivity index (χ2n) is 4.53. The number of hydrogen-bond acceptors (Lipinski definition) is 4. The number of furan rings is 1. The summed E-state index contributed by atoms with van der Waals surface area (Å²) >= 11 is 0. The smallest absolute Gasteiger partial charge is 0.191 e. The van der Waals surface area contributed by atoms with Crippen LogP contribution in [0.4, 0.5) is 0 Å². The molecule has 1 aliphatic rings. The highest BCUT2D eigenvalue weighted by Crippen LogP contribution is 2.21. The normalized spacial score (nSPS) is 20.8. The molecule has 1 saturated heterocycles.